The minimum atomic E-state index is -3.22. The molecular weight excluding hydrogens is 340 g/mol. The molecule has 1 N–H and O–H groups in total. The lowest BCUT2D eigenvalue weighted by atomic mass is 9.91. The number of carbonyl (C=O) groups excluding carboxylic acids is 1. The zero-order chi connectivity index (χ0) is 17.9. The van der Waals surface area contributed by atoms with Crippen LogP contribution in [0.25, 0.3) is 0 Å². The maximum absolute atomic E-state index is 12.5. The van der Waals surface area contributed by atoms with Crippen LogP contribution in [0.2, 0.25) is 0 Å². The Hall–Kier alpha value is -1.67. The SMILES string of the molecule is CS(=O)(=O)N(C1CCC1)[C@H]1CCCN(C(=O)Nc2ccncc2)CC1. The van der Waals surface area contributed by atoms with Gasteiger partial charge in [0.2, 0.25) is 10.0 Å². The van der Waals surface area contributed by atoms with Gasteiger partial charge in [0.25, 0.3) is 0 Å². The fourth-order valence-corrected chi connectivity index (χ4v) is 5.16. The molecule has 3 rings (SSSR count). The van der Waals surface area contributed by atoms with Crippen LogP contribution < -0.4 is 5.32 Å². The van der Waals surface area contributed by atoms with E-state index in [4.69, 9.17) is 0 Å². The molecule has 2 aliphatic rings. The van der Waals surface area contributed by atoms with Gasteiger partial charge in [-0.1, -0.05) is 6.42 Å². The van der Waals surface area contributed by atoms with Gasteiger partial charge in [-0.05, 0) is 44.2 Å². The molecule has 1 aromatic rings. The number of sulfonamides is 1. The van der Waals surface area contributed by atoms with Crippen molar-refractivity contribution < 1.29 is 13.2 Å². The highest BCUT2D eigenvalue weighted by molar-refractivity contribution is 7.88. The molecule has 1 aliphatic heterocycles. The van der Waals surface area contributed by atoms with Crippen molar-refractivity contribution in [3.63, 3.8) is 0 Å². The number of hydrogen-bond donors (Lipinski definition) is 1. The number of anilines is 1. The first-order valence-corrected chi connectivity index (χ1v) is 10.7. The average Bonchev–Trinajstić information content (AvgIpc) is 2.76. The Morgan fingerprint density at radius 2 is 1.76 bits per heavy atom. The molecule has 7 nitrogen and oxygen atoms in total. The molecule has 1 saturated carbocycles. The van der Waals surface area contributed by atoms with E-state index in [0.717, 1.165) is 32.1 Å². The topological polar surface area (TPSA) is 82.6 Å². The summed E-state index contributed by atoms with van der Waals surface area (Å²) in [6.07, 6.45) is 9.90. The molecular formula is C17H26N4O3S. The third kappa shape index (κ3) is 4.49. The Morgan fingerprint density at radius 3 is 2.36 bits per heavy atom. The highest BCUT2D eigenvalue weighted by Gasteiger charge is 2.37. The van der Waals surface area contributed by atoms with Gasteiger partial charge in [-0.15, -0.1) is 0 Å². The number of aromatic nitrogens is 1. The van der Waals surface area contributed by atoms with Crippen LogP contribution in [0, 0.1) is 0 Å². The van der Waals surface area contributed by atoms with Crippen LogP contribution >= 0.6 is 0 Å². The summed E-state index contributed by atoms with van der Waals surface area (Å²) in [5, 5.41) is 2.87. The van der Waals surface area contributed by atoms with Crippen molar-refractivity contribution in [2.45, 2.75) is 50.6 Å². The molecule has 0 spiro atoms. The quantitative estimate of drug-likeness (QED) is 0.886. The highest BCUT2D eigenvalue weighted by Crippen LogP contribution is 2.32. The maximum Gasteiger partial charge on any atom is 0.321 e. The van der Waals surface area contributed by atoms with E-state index in [-0.39, 0.29) is 18.1 Å². The van der Waals surface area contributed by atoms with Crippen molar-refractivity contribution in [1.82, 2.24) is 14.2 Å². The van der Waals surface area contributed by atoms with E-state index in [1.165, 1.54) is 6.26 Å². The molecule has 0 aromatic carbocycles. The number of nitrogens with zero attached hydrogens (tertiary/aromatic N) is 3. The Bertz CT molecular complexity index is 691. The monoisotopic (exact) mass is 366 g/mol. The van der Waals surface area contributed by atoms with Crippen LogP contribution in [0.3, 0.4) is 0 Å². The van der Waals surface area contributed by atoms with Crippen LogP contribution in [-0.2, 0) is 10.0 Å². The lowest BCUT2D eigenvalue weighted by Gasteiger charge is -2.40. The van der Waals surface area contributed by atoms with E-state index in [2.05, 4.69) is 10.3 Å². The van der Waals surface area contributed by atoms with Crippen LogP contribution in [0.4, 0.5) is 10.5 Å². The summed E-state index contributed by atoms with van der Waals surface area (Å²) in [6, 6.07) is 3.51. The van der Waals surface area contributed by atoms with Gasteiger partial charge in [-0.2, -0.15) is 4.31 Å². The first kappa shape index (κ1) is 18.1. The molecule has 0 unspecified atom stereocenters. The number of nitrogens with one attached hydrogen (secondary N) is 1. The largest absolute Gasteiger partial charge is 0.324 e. The van der Waals surface area contributed by atoms with Crippen molar-refractivity contribution in [3.05, 3.63) is 24.5 Å². The van der Waals surface area contributed by atoms with Gasteiger partial charge < -0.3 is 10.2 Å². The molecule has 8 heteroatoms. The number of hydrogen-bond acceptors (Lipinski definition) is 4. The lowest BCUT2D eigenvalue weighted by Crippen LogP contribution is -2.50. The van der Waals surface area contributed by atoms with Gasteiger partial charge in [0, 0.05) is 43.3 Å². The fourth-order valence-electron chi connectivity index (χ4n) is 3.66. The van der Waals surface area contributed by atoms with Gasteiger partial charge in [0.05, 0.1) is 6.26 Å². The molecule has 2 amide bonds. The molecule has 1 atom stereocenters. The Morgan fingerprint density at radius 1 is 1.12 bits per heavy atom. The standard InChI is InChI=1S/C17H26N4O3S/c1-25(23,24)21(15-4-2-5-15)16-6-3-12-20(13-9-16)17(22)19-14-7-10-18-11-8-14/h7-8,10-11,15-16H,2-6,9,12-13H2,1H3,(H,18,19,22)/t16-/m0/s1. The third-order valence-electron chi connectivity index (χ3n) is 5.09. The van der Waals surface area contributed by atoms with Gasteiger partial charge in [0.1, 0.15) is 0 Å². The van der Waals surface area contributed by atoms with Gasteiger partial charge in [-0.3, -0.25) is 4.98 Å². The van der Waals surface area contributed by atoms with Gasteiger partial charge in [-0.25, -0.2) is 13.2 Å². The molecule has 1 aromatic heterocycles. The summed E-state index contributed by atoms with van der Waals surface area (Å²) in [5.41, 5.74) is 0.716. The first-order valence-electron chi connectivity index (χ1n) is 8.89. The molecule has 2 fully saturated rings. The Kier molecular flexibility index (Phi) is 5.58. The number of urea groups is 1. The smallest absolute Gasteiger partial charge is 0.321 e. The minimum absolute atomic E-state index is 0.000903. The van der Waals surface area contributed by atoms with Crippen molar-refractivity contribution in [2.75, 3.05) is 24.7 Å². The van der Waals surface area contributed by atoms with E-state index in [9.17, 15) is 13.2 Å². The van der Waals surface area contributed by atoms with E-state index >= 15 is 0 Å². The van der Waals surface area contributed by atoms with Gasteiger partial charge in [0.15, 0.2) is 0 Å². The lowest BCUT2D eigenvalue weighted by molar-refractivity contribution is 0.162. The van der Waals surface area contributed by atoms with Crippen molar-refractivity contribution in [1.29, 1.82) is 0 Å². The van der Waals surface area contributed by atoms with E-state index in [0.29, 0.717) is 25.2 Å². The van der Waals surface area contributed by atoms with Crippen LogP contribution in [-0.4, -0.2) is 60.1 Å². The van der Waals surface area contributed by atoms with Crippen molar-refractivity contribution >= 4 is 21.7 Å². The van der Waals surface area contributed by atoms with E-state index in [1.54, 1.807) is 33.7 Å². The number of likely N-dealkylation sites (tertiary alicyclic amines) is 1. The second-order valence-electron chi connectivity index (χ2n) is 6.92. The predicted molar refractivity (Wildman–Crippen MR) is 96.8 cm³/mol. The molecule has 0 bridgehead atoms. The number of pyridine rings is 1. The molecule has 2 heterocycles. The predicted octanol–water partition coefficient (Wildman–Crippen LogP) is 2.28. The Labute approximate surface area is 149 Å². The summed E-state index contributed by atoms with van der Waals surface area (Å²) in [6.45, 7) is 1.22. The number of amides is 2. The summed E-state index contributed by atoms with van der Waals surface area (Å²) in [5.74, 6) is 0. The van der Waals surface area contributed by atoms with Crippen molar-refractivity contribution in [3.8, 4) is 0 Å². The zero-order valence-electron chi connectivity index (χ0n) is 14.6. The summed E-state index contributed by atoms with van der Waals surface area (Å²) < 4.78 is 26.2. The molecule has 1 aliphatic carbocycles. The first-order chi connectivity index (χ1) is 11.9. The zero-order valence-corrected chi connectivity index (χ0v) is 15.4. The normalized spacial score (nSPS) is 22.3. The van der Waals surface area contributed by atoms with Crippen LogP contribution in [0.15, 0.2) is 24.5 Å². The number of rotatable bonds is 4. The number of carbonyl (C=O) groups is 1. The van der Waals surface area contributed by atoms with Gasteiger partial charge >= 0.3 is 6.03 Å². The van der Waals surface area contributed by atoms with Crippen LogP contribution in [0.5, 0.6) is 0 Å². The summed E-state index contributed by atoms with van der Waals surface area (Å²) in [4.78, 5) is 18.2. The molecule has 1 saturated heterocycles. The highest BCUT2D eigenvalue weighted by atomic mass is 32.2. The second-order valence-corrected chi connectivity index (χ2v) is 8.80. The minimum Gasteiger partial charge on any atom is -0.324 e. The molecule has 0 radical (unpaired) electrons. The molecule has 138 valence electrons. The fraction of sp³-hybridized carbons (Fsp3) is 0.647. The van der Waals surface area contributed by atoms with E-state index in [1.807, 2.05) is 0 Å². The summed E-state index contributed by atoms with van der Waals surface area (Å²) >= 11 is 0. The molecule has 25 heavy (non-hydrogen) atoms. The third-order valence-corrected chi connectivity index (χ3v) is 6.46. The maximum atomic E-state index is 12.5. The van der Waals surface area contributed by atoms with Crippen molar-refractivity contribution in [2.24, 2.45) is 0 Å². The van der Waals surface area contributed by atoms with E-state index < -0.39 is 10.0 Å². The average molecular weight is 366 g/mol. The Balaban J connectivity index is 1.62. The second kappa shape index (κ2) is 7.70. The van der Waals surface area contributed by atoms with Crippen LogP contribution in [0.1, 0.15) is 38.5 Å². The summed E-state index contributed by atoms with van der Waals surface area (Å²) in [7, 11) is -3.22.